The number of H-pyrrole nitrogens is 1. The molecule has 2 N–H and O–H groups in total. The Morgan fingerprint density at radius 2 is 1.56 bits per heavy atom. The van der Waals surface area contributed by atoms with Crippen LogP contribution in [0.3, 0.4) is 0 Å². The second-order valence-electron chi connectivity index (χ2n) is 12.2. The third-order valence-electron chi connectivity index (χ3n) is 8.14. The van der Waals surface area contributed by atoms with E-state index in [-0.39, 0.29) is 5.88 Å². The Kier molecular flexibility index (Phi) is 8.21. The maximum atomic E-state index is 12.5. The molecule has 0 spiro atoms. The van der Waals surface area contributed by atoms with Crippen molar-refractivity contribution in [2.45, 2.75) is 38.9 Å². The predicted molar refractivity (Wildman–Crippen MR) is 175 cm³/mol. The Bertz CT molecular complexity index is 1730. The highest BCUT2D eigenvalue weighted by Crippen LogP contribution is 2.37. The minimum atomic E-state index is -3.46. The fourth-order valence-electron chi connectivity index (χ4n) is 5.03. The molecule has 9 nitrogen and oxygen atoms in total. The summed E-state index contributed by atoms with van der Waals surface area (Å²) in [5.74, 6) is -0.00720. The third kappa shape index (κ3) is 6.35. The minimum absolute atomic E-state index is 0.00720. The van der Waals surface area contributed by atoms with Crippen LogP contribution in [-0.4, -0.2) is 80.9 Å². The summed E-state index contributed by atoms with van der Waals surface area (Å²) in [5, 5.41) is 12.0. The van der Waals surface area contributed by atoms with E-state index in [1.165, 1.54) is 10.6 Å². The van der Waals surface area contributed by atoms with Crippen LogP contribution in [-0.2, 0) is 19.3 Å². The van der Waals surface area contributed by atoms with E-state index in [9.17, 15) is 13.5 Å². The topological polar surface area (TPSA) is 107 Å². The average molecular weight is 603 g/mol. The summed E-state index contributed by atoms with van der Waals surface area (Å²) in [6.45, 7) is 8.98. The molecule has 1 fully saturated rings. The molecule has 0 bridgehead atoms. The highest BCUT2D eigenvalue weighted by Gasteiger charge is 2.51. The van der Waals surface area contributed by atoms with Gasteiger partial charge in [-0.2, -0.15) is 0 Å². The van der Waals surface area contributed by atoms with E-state index < -0.39 is 28.3 Å². The SMILES string of the molecule is CN(C)CCN(c1ccc(N=C(c2ccccc2)c2c(O)[nH]c3cc(B4OC(C)(C)C(C)(C)O4)ccc23)cc1)S(C)(=O)=O. The van der Waals surface area contributed by atoms with Crippen molar-refractivity contribution in [3.63, 3.8) is 0 Å². The predicted octanol–water partition coefficient (Wildman–Crippen LogP) is 4.67. The van der Waals surface area contributed by atoms with Crippen LogP contribution in [0.5, 0.6) is 5.88 Å². The molecular weight excluding hydrogens is 563 g/mol. The average Bonchev–Trinajstić information content (AvgIpc) is 3.37. The first-order chi connectivity index (χ1) is 20.2. The number of nitrogens with one attached hydrogen (secondary N) is 1. The Morgan fingerprint density at radius 3 is 2.14 bits per heavy atom. The van der Waals surface area contributed by atoms with Crippen LogP contribution in [0.4, 0.5) is 11.4 Å². The van der Waals surface area contributed by atoms with Crippen molar-refractivity contribution in [2.75, 3.05) is 37.7 Å². The van der Waals surface area contributed by atoms with Gasteiger partial charge in [-0.3, -0.25) is 4.31 Å². The molecule has 43 heavy (non-hydrogen) atoms. The van der Waals surface area contributed by atoms with Crippen molar-refractivity contribution in [1.29, 1.82) is 0 Å². The number of sulfonamides is 1. The number of nitrogens with zero attached hydrogens (tertiary/aromatic N) is 3. The zero-order chi connectivity index (χ0) is 31.2. The fraction of sp³-hybridized carbons (Fsp3) is 0.344. The van der Waals surface area contributed by atoms with E-state index in [1.54, 1.807) is 24.3 Å². The fourth-order valence-corrected chi connectivity index (χ4v) is 5.94. The molecule has 1 saturated heterocycles. The lowest BCUT2D eigenvalue weighted by Gasteiger charge is -2.32. The molecule has 0 aliphatic carbocycles. The van der Waals surface area contributed by atoms with Crippen LogP contribution < -0.4 is 9.77 Å². The van der Waals surface area contributed by atoms with Gasteiger partial charge in [0.2, 0.25) is 10.0 Å². The number of aromatic amines is 1. The Morgan fingerprint density at radius 1 is 0.930 bits per heavy atom. The number of anilines is 1. The van der Waals surface area contributed by atoms with Gasteiger partial charge in [-0.15, -0.1) is 0 Å². The normalized spacial score (nSPS) is 16.7. The van der Waals surface area contributed by atoms with Crippen molar-refractivity contribution in [3.8, 4) is 5.88 Å². The Balaban J connectivity index is 1.54. The quantitative estimate of drug-likeness (QED) is 0.213. The van der Waals surface area contributed by atoms with Crippen molar-refractivity contribution in [1.82, 2.24) is 9.88 Å². The Labute approximate surface area is 254 Å². The molecule has 0 atom stereocenters. The van der Waals surface area contributed by atoms with Gasteiger partial charge in [0.1, 0.15) is 0 Å². The zero-order valence-electron chi connectivity index (χ0n) is 25.7. The molecule has 2 heterocycles. The number of hydrogen-bond acceptors (Lipinski definition) is 7. The molecule has 3 aromatic carbocycles. The maximum Gasteiger partial charge on any atom is 0.494 e. The number of aromatic nitrogens is 1. The van der Waals surface area contributed by atoms with Gasteiger partial charge in [0.15, 0.2) is 5.88 Å². The van der Waals surface area contributed by atoms with Crippen LogP contribution >= 0.6 is 0 Å². The number of likely N-dealkylation sites (N-methyl/N-ethyl adjacent to an activating group) is 1. The van der Waals surface area contributed by atoms with Crippen molar-refractivity contribution in [3.05, 3.63) is 83.9 Å². The summed E-state index contributed by atoms with van der Waals surface area (Å²) in [7, 11) is -0.189. The number of rotatable bonds is 9. The summed E-state index contributed by atoms with van der Waals surface area (Å²) < 4.78 is 38.9. The van der Waals surface area contributed by atoms with Gasteiger partial charge in [0.05, 0.1) is 40.1 Å². The van der Waals surface area contributed by atoms with Crippen molar-refractivity contribution >= 4 is 50.6 Å². The number of benzene rings is 3. The molecule has 4 aromatic rings. The van der Waals surface area contributed by atoms with E-state index in [4.69, 9.17) is 14.3 Å². The van der Waals surface area contributed by atoms with Gasteiger partial charge in [0.25, 0.3) is 0 Å². The van der Waals surface area contributed by atoms with Gasteiger partial charge >= 0.3 is 7.12 Å². The maximum absolute atomic E-state index is 12.5. The molecule has 0 unspecified atom stereocenters. The van der Waals surface area contributed by atoms with Crippen LogP contribution in [0.1, 0.15) is 38.8 Å². The Hall–Kier alpha value is -3.64. The number of aliphatic imine (C=N–C) groups is 1. The summed E-state index contributed by atoms with van der Waals surface area (Å²) in [6, 6.07) is 22.6. The minimum Gasteiger partial charge on any atom is -0.494 e. The molecule has 0 amide bonds. The lowest BCUT2D eigenvalue weighted by atomic mass is 9.78. The van der Waals surface area contributed by atoms with Crippen molar-refractivity contribution < 1.29 is 22.8 Å². The van der Waals surface area contributed by atoms with Crippen molar-refractivity contribution in [2.24, 2.45) is 4.99 Å². The van der Waals surface area contributed by atoms with Crippen LogP contribution in [0.15, 0.2) is 77.8 Å². The zero-order valence-corrected chi connectivity index (χ0v) is 26.6. The summed E-state index contributed by atoms with van der Waals surface area (Å²) in [6.07, 6.45) is 1.21. The largest absolute Gasteiger partial charge is 0.494 e. The first kappa shape index (κ1) is 30.8. The first-order valence-corrected chi connectivity index (χ1v) is 16.1. The van der Waals surface area contributed by atoms with Crippen LogP contribution in [0, 0.1) is 0 Å². The monoisotopic (exact) mass is 602 g/mol. The van der Waals surface area contributed by atoms with E-state index >= 15 is 0 Å². The molecule has 1 aromatic heterocycles. The van der Waals surface area contributed by atoms with Gasteiger partial charge in [0, 0.05) is 29.6 Å². The third-order valence-corrected chi connectivity index (χ3v) is 9.34. The molecule has 11 heteroatoms. The molecule has 0 saturated carbocycles. The molecule has 1 aliphatic heterocycles. The van der Waals surface area contributed by atoms with Gasteiger partial charge in [-0.1, -0.05) is 42.5 Å². The lowest BCUT2D eigenvalue weighted by Crippen LogP contribution is -2.41. The summed E-state index contributed by atoms with van der Waals surface area (Å²) in [4.78, 5) is 10.0. The molecule has 1 aliphatic rings. The van der Waals surface area contributed by atoms with E-state index in [0.29, 0.717) is 35.7 Å². The second-order valence-corrected chi connectivity index (χ2v) is 14.1. The van der Waals surface area contributed by atoms with E-state index in [2.05, 4.69) is 4.98 Å². The smallest absolute Gasteiger partial charge is 0.494 e. The highest BCUT2D eigenvalue weighted by molar-refractivity contribution is 7.92. The van der Waals surface area contributed by atoms with Gasteiger partial charge in [-0.05, 0) is 77.6 Å². The van der Waals surface area contributed by atoms with Gasteiger partial charge in [-0.25, -0.2) is 13.4 Å². The van der Waals surface area contributed by atoms with E-state index in [1.807, 2.05) is 95.2 Å². The van der Waals surface area contributed by atoms with Crippen LogP contribution in [0.2, 0.25) is 0 Å². The summed E-state index contributed by atoms with van der Waals surface area (Å²) in [5.41, 5.74) is 3.78. The molecular formula is C32H39BN4O5S. The first-order valence-electron chi connectivity index (χ1n) is 14.2. The molecule has 5 rings (SSSR count). The summed E-state index contributed by atoms with van der Waals surface area (Å²) >= 11 is 0. The molecule has 226 valence electrons. The van der Waals surface area contributed by atoms with Gasteiger partial charge < -0.3 is 24.3 Å². The number of fused-ring (bicyclic) bond motifs is 1. The highest BCUT2D eigenvalue weighted by atomic mass is 32.2. The second kappa shape index (κ2) is 11.5. The number of aromatic hydroxyl groups is 1. The van der Waals surface area contributed by atoms with E-state index in [0.717, 1.165) is 21.9 Å². The van der Waals surface area contributed by atoms with Crippen LogP contribution in [0.25, 0.3) is 10.9 Å². The lowest BCUT2D eigenvalue weighted by molar-refractivity contribution is 0.00578. The molecule has 0 radical (unpaired) electrons. The number of hydrogen-bond donors (Lipinski definition) is 2. The standard InChI is InChI=1S/C32H39BN4O5S/c1-31(2)32(3,4)42-33(41-31)23-13-18-26-27(21-23)35-30(38)28(26)29(22-11-9-8-10-12-22)34-24-14-16-25(17-15-24)37(43(7,39)40)20-19-36(5)6/h8-18,21,35,38H,19-20H2,1-7H3.